The molecular weight excluding hydrogens is 775 g/mol. The van der Waals surface area contributed by atoms with Crippen molar-refractivity contribution in [2.24, 2.45) is 5.41 Å². The molecule has 0 bridgehead atoms. The molecule has 308 valence electrons. The van der Waals surface area contributed by atoms with Crippen molar-refractivity contribution in [2.45, 2.75) is 109 Å². The predicted octanol–water partition coefficient (Wildman–Crippen LogP) is 4.88. The molecule has 4 amide bonds. The summed E-state index contributed by atoms with van der Waals surface area (Å²) in [5.74, 6) is -2.09. The van der Waals surface area contributed by atoms with Crippen molar-refractivity contribution in [3.05, 3.63) is 65.0 Å². The Morgan fingerprint density at radius 1 is 1.04 bits per heavy atom. The molecule has 15 nitrogen and oxygen atoms in total. The van der Waals surface area contributed by atoms with E-state index in [9.17, 15) is 32.4 Å². The number of carbonyl (C=O) groups excluding carboxylic acids is 5. The lowest BCUT2D eigenvalue weighted by Crippen LogP contribution is -2.62. The molecule has 0 spiro atoms. The van der Waals surface area contributed by atoms with Crippen LogP contribution in [0.1, 0.15) is 89.4 Å². The second kappa shape index (κ2) is 16.4. The fraction of sp³-hybridized carbons (Fsp3) is 0.500. The van der Waals surface area contributed by atoms with E-state index in [1.165, 1.54) is 42.5 Å². The second-order valence-electron chi connectivity index (χ2n) is 16.6. The van der Waals surface area contributed by atoms with Gasteiger partial charge in [-0.05, 0) is 82.0 Å². The molecule has 3 aromatic rings. The van der Waals surface area contributed by atoms with Crippen LogP contribution in [0.4, 0.5) is 4.79 Å². The highest BCUT2D eigenvalue weighted by Crippen LogP contribution is 2.36. The number of rotatable bonds is 14. The molecular formula is C40H51N5O10S2. The number of methoxy groups -OCH3 is 1. The minimum Gasteiger partial charge on any atom is -0.496 e. The molecule has 0 radical (unpaired) electrons. The van der Waals surface area contributed by atoms with Gasteiger partial charge in [0.15, 0.2) is 0 Å². The van der Waals surface area contributed by atoms with Crippen LogP contribution in [0, 0.1) is 5.41 Å². The van der Waals surface area contributed by atoms with Crippen molar-refractivity contribution < 1.29 is 46.6 Å². The molecule has 3 N–H and O–H groups in total. The van der Waals surface area contributed by atoms with Gasteiger partial charge in [-0.1, -0.05) is 32.9 Å². The zero-order valence-electron chi connectivity index (χ0n) is 33.5. The molecule has 2 aliphatic rings. The number of alkyl carbamates (subject to hydrolysis) is 1. The van der Waals surface area contributed by atoms with Crippen molar-refractivity contribution >= 4 is 61.7 Å². The fourth-order valence-electron chi connectivity index (χ4n) is 6.56. The number of ether oxygens (including phenoxy) is 3. The number of ketones is 1. The number of carbonyl (C=O) groups is 5. The SMILES string of the molecule is C=CC[C@](C)(NC(=O)[C@@H]1C[C@@H](Oc2nccc3c(C(=O)c4cccs4)c(OC)ccc23)CN1C(=O)[C@@H](NC(=O)OC(C)(C)C)C(C)(C)C)C(=O)NS(=O)(=O)C1CC1. The van der Waals surface area contributed by atoms with Crippen molar-refractivity contribution in [1.29, 1.82) is 0 Å². The minimum atomic E-state index is -3.96. The largest absolute Gasteiger partial charge is 0.496 e. The Morgan fingerprint density at radius 2 is 1.74 bits per heavy atom. The highest BCUT2D eigenvalue weighted by molar-refractivity contribution is 7.91. The van der Waals surface area contributed by atoms with E-state index in [0.29, 0.717) is 39.8 Å². The quantitative estimate of drug-likeness (QED) is 0.148. The topological polar surface area (TPSA) is 199 Å². The molecule has 17 heteroatoms. The van der Waals surface area contributed by atoms with E-state index in [4.69, 9.17) is 14.2 Å². The number of fused-ring (bicyclic) bond motifs is 1. The average molecular weight is 826 g/mol. The number of hydrogen-bond donors (Lipinski definition) is 3. The first-order valence-corrected chi connectivity index (χ1v) is 21.0. The van der Waals surface area contributed by atoms with Gasteiger partial charge in [0.25, 0.3) is 5.91 Å². The number of aromatic nitrogens is 1. The number of amides is 4. The first-order valence-electron chi connectivity index (χ1n) is 18.6. The molecule has 1 aliphatic carbocycles. The van der Waals surface area contributed by atoms with Gasteiger partial charge >= 0.3 is 6.09 Å². The van der Waals surface area contributed by atoms with Crippen LogP contribution >= 0.6 is 11.3 Å². The molecule has 1 saturated carbocycles. The van der Waals surface area contributed by atoms with Gasteiger partial charge in [-0.2, -0.15) is 0 Å². The Morgan fingerprint density at radius 3 is 2.32 bits per heavy atom. The number of sulfonamides is 1. The van der Waals surface area contributed by atoms with Crippen molar-refractivity contribution in [3.63, 3.8) is 0 Å². The molecule has 3 heterocycles. The summed E-state index contributed by atoms with van der Waals surface area (Å²) in [6.07, 6.45) is 1.81. The molecule has 1 saturated heterocycles. The van der Waals surface area contributed by atoms with Gasteiger partial charge in [0.2, 0.25) is 33.5 Å². The van der Waals surface area contributed by atoms with Crippen LogP contribution in [0.25, 0.3) is 10.8 Å². The standard InChI is InChI=1S/C40H51N5O10S2/c1-10-18-40(8,36(49)44-57(51,52)24-13-14-24)43-33(47)27-21-23(22-45(27)35(48)32(38(2,3)4)42-37(50)55-39(5,6)7)54-34-26-15-16-28(53-9)30(25(26)17-19-41-34)31(46)29-12-11-20-56-29/h10-12,15-17,19-20,23-24,27,32H,1,13-14,18,21-22H2,2-9H3,(H,42,50)(H,43,47)(H,44,49)/t23-,27+,32-,40+/m1/s1. The highest BCUT2D eigenvalue weighted by atomic mass is 32.2. The lowest BCUT2D eigenvalue weighted by molar-refractivity contribution is -0.143. The van der Waals surface area contributed by atoms with Crippen LogP contribution in [-0.4, -0.2) is 96.1 Å². The Balaban J connectivity index is 1.50. The second-order valence-corrected chi connectivity index (χ2v) is 19.5. The first kappa shape index (κ1) is 43.1. The van der Waals surface area contributed by atoms with Crippen LogP contribution in [0.5, 0.6) is 11.6 Å². The van der Waals surface area contributed by atoms with E-state index in [2.05, 4.69) is 26.9 Å². The van der Waals surface area contributed by atoms with Gasteiger partial charge < -0.3 is 29.7 Å². The maximum Gasteiger partial charge on any atom is 0.408 e. The number of benzene rings is 1. The maximum atomic E-state index is 14.6. The Labute approximate surface area is 337 Å². The summed E-state index contributed by atoms with van der Waals surface area (Å²) in [6, 6.07) is 6.09. The summed E-state index contributed by atoms with van der Waals surface area (Å²) in [4.78, 5) is 75.4. The number of pyridine rings is 1. The first-order chi connectivity index (χ1) is 26.6. The summed E-state index contributed by atoms with van der Waals surface area (Å²) in [5, 5.41) is 7.49. The molecule has 1 aromatic carbocycles. The van der Waals surface area contributed by atoms with E-state index in [1.807, 2.05) is 0 Å². The molecule has 1 aliphatic heterocycles. The number of thiophene rings is 1. The van der Waals surface area contributed by atoms with Crippen LogP contribution < -0.4 is 24.8 Å². The van der Waals surface area contributed by atoms with E-state index in [0.717, 1.165) is 0 Å². The van der Waals surface area contributed by atoms with Crippen LogP contribution in [0.3, 0.4) is 0 Å². The van der Waals surface area contributed by atoms with Crippen molar-refractivity contribution in [1.82, 2.24) is 25.2 Å². The number of nitrogens with zero attached hydrogens (tertiary/aromatic N) is 2. The summed E-state index contributed by atoms with van der Waals surface area (Å²) >= 11 is 1.29. The van der Waals surface area contributed by atoms with Gasteiger partial charge in [0.1, 0.15) is 35.1 Å². The van der Waals surface area contributed by atoms with Crippen molar-refractivity contribution in [2.75, 3.05) is 13.7 Å². The minimum absolute atomic E-state index is 0.0811. The third kappa shape index (κ3) is 9.93. The Bertz CT molecular complexity index is 2160. The number of likely N-dealkylation sites (tertiary alicyclic amines) is 1. The fourth-order valence-corrected chi connectivity index (χ4v) is 8.63. The Hall–Kier alpha value is -5.03. The molecule has 57 heavy (non-hydrogen) atoms. The molecule has 4 atom stereocenters. The van der Waals surface area contributed by atoms with E-state index < -0.39 is 73.8 Å². The Kier molecular flexibility index (Phi) is 12.4. The monoisotopic (exact) mass is 825 g/mol. The van der Waals surface area contributed by atoms with E-state index in [1.54, 1.807) is 77.3 Å². The number of hydrogen-bond acceptors (Lipinski definition) is 12. The van der Waals surface area contributed by atoms with Gasteiger partial charge in [-0.15, -0.1) is 17.9 Å². The van der Waals surface area contributed by atoms with Gasteiger partial charge in [0.05, 0.1) is 29.3 Å². The molecule has 2 aromatic heterocycles. The average Bonchev–Trinajstić information content (AvgIpc) is 3.68. The molecule has 5 rings (SSSR count). The van der Waals surface area contributed by atoms with E-state index >= 15 is 0 Å². The summed E-state index contributed by atoms with van der Waals surface area (Å²) in [5.41, 5.74) is -3.19. The van der Waals surface area contributed by atoms with Gasteiger partial charge in [-0.3, -0.25) is 23.9 Å². The van der Waals surface area contributed by atoms with Crippen LogP contribution in [-0.2, 0) is 29.1 Å². The molecule has 2 fully saturated rings. The summed E-state index contributed by atoms with van der Waals surface area (Å²) in [6.45, 7) is 15.3. The summed E-state index contributed by atoms with van der Waals surface area (Å²) < 4.78 is 45.1. The normalized spacial score (nSPS) is 18.8. The zero-order chi connectivity index (χ0) is 42.1. The number of nitrogens with one attached hydrogen (secondary N) is 3. The maximum absolute atomic E-state index is 14.6. The third-order valence-corrected chi connectivity index (χ3v) is 12.3. The summed E-state index contributed by atoms with van der Waals surface area (Å²) in [7, 11) is -2.49. The van der Waals surface area contributed by atoms with Gasteiger partial charge in [-0.25, -0.2) is 18.2 Å². The van der Waals surface area contributed by atoms with Crippen molar-refractivity contribution in [3.8, 4) is 11.6 Å². The highest BCUT2D eigenvalue weighted by Gasteiger charge is 2.49. The lowest BCUT2D eigenvalue weighted by Gasteiger charge is -2.36. The lowest BCUT2D eigenvalue weighted by atomic mass is 9.85. The smallest absolute Gasteiger partial charge is 0.408 e. The van der Waals surface area contributed by atoms with Crippen LogP contribution in [0.2, 0.25) is 0 Å². The predicted molar refractivity (Wildman–Crippen MR) is 215 cm³/mol. The van der Waals surface area contributed by atoms with Crippen LogP contribution in [0.15, 0.2) is 54.6 Å². The van der Waals surface area contributed by atoms with Gasteiger partial charge in [0, 0.05) is 23.4 Å². The zero-order valence-corrected chi connectivity index (χ0v) is 35.1. The molecule has 0 unspecified atom stereocenters. The third-order valence-electron chi connectivity index (χ3n) is 9.61. The van der Waals surface area contributed by atoms with E-state index in [-0.39, 0.29) is 31.0 Å².